The van der Waals surface area contributed by atoms with Gasteiger partial charge in [-0.2, -0.15) is 0 Å². The third-order valence-electron chi connectivity index (χ3n) is 1.48. The summed E-state index contributed by atoms with van der Waals surface area (Å²) in [6, 6.07) is 5.86. The number of benzene rings is 1. The van der Waals surface area contributed by atoms with E-state index in [2.05, 4.69) is 45.2 Å². The van der Waals surface area contributed by atoms with Gasteiger partial charge in [0.1, 0.15) is 0 Å². The van der Waals surface area contributed by atoms with Gasteiger partial charge in [0.15, 0.2) is 0 Å². The maximum Gasteiger partial charge on any atom is 0.0878 e. The van der Waals surface area contributed by atoms with Crippen LogP contribution in [0, 0.1) is 0 Å². The third kappa shape index (κ3) is 2.89. The normalized spacial score (nSPS) is 10.8. The van der Waals surface area contributed by atoms with Crippen LogP contribution in [-0.4, -0.2) is 0 Å². The maximum atomic E-state index is 5.84. The fraction of sp³-hybridized carbons (Fsp3) is 0.250. The summed E-state index contributed by atoms with van der Waals surface area (Å²) < 4.78 is 0.450. The lowest BCUT2D eigenvalue weighted by Crippen LogP contribution is -1.88. The van der Waals surface area contributed by atoms with Gasteiger partial charge < -0.3 is 0 Å². The zero-order valence-electron chi connectivity index (χ0n) is 6.03. The smallest absolute Gasteiger partial charge is 0.0878 e. The second-order valence-electron chi connectivity index (χ2n) is 2.28. The van der Waals surface area contributed by atoms with E-state index >= 15 is 0 Å². The van der Waals surface area contributed by atoms with Crippen LogP contribution in [0.4, 0.5) is 0 Å². The van der Waals surface area contributed by atoms with Crippen molar-refractivity contribution >= 4 is 68.4 Å². The van der Waals surface area contributed by atoms with Gasteiger partial charge in [-0.1, -0.05) is 62.8 Å². The van der Waals surface area contributed by atoms with Crippen LogP contribution in [0.1, 0.15) is 13.1 Å². The van der Waals surface area contributed by atoms with Crippen molar-refractivity contribution in [2.24, 2.45) is 0 Å². The Morgan fingerprint density at radius 3 is 2.50 bits per heavy atom. The quantitative estimate of drug-likeness (QED) is 0.464. The molecular weight excluding hydrogens is 421 g/mol. The Labute approximate surface area is 109 Å². The van der Waals surface area contributed by atoms with Gasteiger partial charge in [0.2, 0.25) is 0 Å². The Bertz CT molecular complexity index is 274. The van der Waals surface area contributed by atoms with Crippen LogP contribution >= 0.6 is 68.4 Å². The van der Waals surface area contributed by atoms with Crippen molar-refractivity contribution in [3.05, 3.63) is 34.3 Å². The highest BCUT2D eigenvalue weighted by atomic mass is 127. The molecular formula is C8H6Cl2I2. The lowest BCUT2D eigenvalue weighted by molar-refractivity contribution is 1.30. The molecule has 0 N–H and O–H groups in total. The molecule has 12 heavy (non-hydrogen) atoms. The first-order valence-electron chi connectivity index (χ1n) is 3.27. The predicted octanol–water partition coefficient (Wildman–Crippen LogP) is 4.95. The molecule has 66 valence electrons. The van der Waals surface area contributed by atoms with E-state index in [1.165, 1.54) is 5.56 Å². The van der Waals surface area contributed by atoms with Crippen LogP contribution in [0.3, 0.4) is 0 Å². The van der Waals surface area contributed by atoms with Crippen LogP contribution in [0.2, 0.25) is 5.02 Å². The van der Waals surface area contributed by atoms with Crippen LogP contribution in [0.5, 0.6) is 0 Å². The summed E-state index contributed by atoms with van der Waals surface area (Å²) in [4.78, 5) is 0. The van der Waals surface area contributed by atoms with Crippen molar-refractivity contribution in [1.82, 2.24) is 0 Å². The Morgan fingerprint density at radius 1 is 1.33 bits per heavy atom. The Balaban J connectivity index is 3.11. The van der Waals surface area contributed by atoms with E-state index in [9.17, 15) is 0 Å². The Morgan fingerprint density at radius 2 is 2.00 bits per heavy atom. The third-order valence-corrected chi connectivity index (χ3v) is 3.35. The number of hydrogen-bond acceptors (Lipinski definition) is 0. The molecule has 1 aromatic rings. The molecule has 4 heteroatoms. The van der Waals surface area contributed by atoms with Crippen LogP contribution in [0.25, 0.3) is 0 Å². The van der Waals surface area contributed by atoms with Crippen LogP contribution in [0.15, 0.2) is 18.2 Å². The molecule has 0 aromatic heterocycles. The van der Waals surface area contributed by atoms with Crippen molar-refractivity contribution in [2.75, 3.05) is 0 Å². The molecule has 0 nitrogen and oxygen atoms in total. The van der Waals surface area contributed by atoms with E-state index in [-0.39, 0.29) is 0 Å². The first-order valence-corrected chi connectivity index (χ1v) is 6.68. The minimum Gasteiger partial charge on any atom is -0.122 e. The van der Waals surface area contributed by atoms with Gasteiger partial charge in [-0.25, -0.2) is 0 Å². The minimum atomic E-state index is 0.450. The molecule has 0 radical (unpaired) electrons. The van der Waals surface area contributed by atoms with E-state index in [4.69, 9.17) is 23.2 Å². The molecule has 1 rings (SSSR count). The van der Waals surface area contributed by atoms with Gasteiger partial charge in [-0.15, -0.1) is 11.6 Å². The second kappa shape index (κ2) is 5.22. The molecule has 0 aliphatic rings. The van der Waals surface area contributed by atoms with Crippen molar-refractivity contribution in [3.63, 3.8) is 0 Å². The summed E-state index contributed by atoms with van der Waals surface area (Å²) in [5.74, 6) is 0.526. The fourth-order valence-electron chi connectivity index (χ4n) is 0.903. The minimum absolute atomic E-state index is 0.450. The van der Waals surface area contributed by atoms with E-state index in [1.54, 1.807) is 0 Å². The van der Waals surface area contributed by atoms with Gasteiger partial charge in [-0.3, -0.25) is 0 Å². The molecule has 0 saturated carbocycles. The molecule has 0 aliphatic heterocycles. The van der Waals surface area contributed by atoms with Crippen molar-refractivity contribution < 1.29 is 0 Å². The molecule has 0 bridgehead atoms. The number of hydrogen-bond donors (Lipinski definition) is 0. The van der Waals surface area contributed by atoms with Crippen LogP contribution < -0.4 is 0 Å². The van der Waals surface area contributed by atoms with E-state index in [0.717, 1.165) is 10.6 Å². The summed E-state index contributed by atoms with van der Waals surface area (Å²) in [6.45, 7) is 0. The highest BCUT2D eigenvalue weighted by Gasteiger charge is 2.07. The second-order valence-corrected chi connectivity index (χ2v) is 7.86. The topological polar surface area (TPSA) is 0 Å². The van der Waals surface area contributed by atoms with Crippen molar-refractivity contribution in [1.29, 1.82) is 0 Å². The Hall–Kier alpha value is 1.26. The zero-order chi connectivity index (χ0) is 9.14. The van der Waals surface area contributed by atoms with Crippen LogP contribution in [-0.2, 0) is 5.88 Å². The van der Waals surface area contributed by atoms with Crippen molar-refractivity contribution in [2.45, 2.75) is 7.81 Å². The predicted molar refractivity (Wildman–Crippen MR) is 71.8 cm³/mol. The number of halogens is 4. The molecule has 0 fully saturated rings. The zero-order valence-corrected chi connectivity index (χ0v) is 11.9. The molecule has 1 aromatic carbocycles. The first-order chi connectivity index (χ1) is 5.65. The fourth-order valence-corrected chi connectivity index (χ4v) is 2.54. The van der Waals surface area contributed by atoms with Gasteiger partial charge in [0.05, 0.1) is 1.93 Å². The first kappa shape index (κ1) is 11.3. The molecule has 0 heterocycles. The monoisotopic (exact) mass is 426 g/mol. The maximum absolute atomic E-state index is 5.84. The van der Waals surface area contributed by atoms with Gasteiger partial charge >= 0.3 is 0 Å². The highest BCUT2D eigenvalue weighted by Crippen LogP contribution is 2.34. The average Bonchev–Trinajstić information content (AvgIpc) is 2.03. The summed E-state index contributed by atoms with van der Waals surface area (Å²) >= 11 is 16.3. The highest BCUT2D eigenvalue weighted by molar-refractivity contribution is 14.2. The van der Waals surface area contributed by atoms with E-state index in [0.29, 0.717) is 7.81 Å². The van der Waals surface area contributed by atoms with E-state index < -0.39 is 0 Å². The number of alkyl halides is 3. The molecule has 0 atom stereocenters. The van der Waals surface area contributed by atoms with Gasteiger partial charge in [-0.05, 0) is 23.3 Å². The lowest BCUT2D eigenvalue weighted by Gasteiger charge is -2.07. The summed E-state index contributed by atoms with van der Waals surface area (Å²) in [5, 5.41) is 0.753. The van der Waals surface area contributed by atoms with Gasteiger partial charge in [0, 0.05) is 10.9 Å². The largest absolute Gasteiger partial charge is 0.122 e. The van der Waals surface area contributed by atoms with E-state index in [1.807, 2.05) is 18.2 Å². The SMILES string of the molecule is ClCc1cc(Cl)ccc1C(I)I. The molecule has 0 saturated heterocycles. The lowest BCUT2D eigenvalue weighted by atomic mass is 10.1. The molecule has 0 aliphatic carbocycles. The molecule has 0 unspecified atom stereocenters. The van der Waals surface area contributed by atoms with Gasteiger partial charge in [0.25, 0.3) is 0 Å². The summed E-state index contributed by atoms with van der Waals surface area (Å²) in [6.07, 6.45) is 0. The van der Waals surface area contributed by atoms with Crippen molar-refractivity contribution in [3.8, 4) is 0 Å². The molecule has 0 spiro atoms. The number of rotatable bonds is 2. The Kier molecular flexibility index (Phi) is 4.93. The summed E-state index contributed by atoms with van der Waals surface area (Å²) in [5.41, 5.74) is 2.38. The standard InChI is InChI=1S/C8H6Cl2I2/c9-4-5-3-6(10)1-2-7(5)8(11)12/h1-3,8H,4H2. The average molecular weight is 427 g/mol. The molecule has 0 amide bonds. The summed E-state index contributed by atoms with van der Waals surface area (Å²) in [7, 11) is 0.